The molecule has 0 bridgehead atoms. The Morgan fingerprint density at radius 1 is 1.00 bits per heavy atom. The lowest BCUT2D eigenvalue weighted by molar-refractivity contribution is 0.423. The van der Waals surface area contributed by atoms with Crippen LogP contribution in [-0.2, 0) is 10.0 Å². The molecule has 1 aromatic rings. The van der Waals surface area contributed by atoms with E-state index in [-0.39, 0.29) is 0 Å². The van der Waals surface area contributed by atoms with E-state index in [0.717, 1.165) is 36.8 Å². The van der Waals surface area contributed by atoms with Gasteiger partial charge in [-0.2, -0.15) is 4.31 Å². The normalized spacial score (nSPS) is 18.6. The third-order valence-electron chi connectivity index (χ3n) is 3.53. The van der Waals surface area contributed by atoms with E-state index in [4.69, 9.17) is 0 Å². The highest BCUT2D eigenvalue weighted by molar-refractivity contribution is 7.89. The molecule has 1 heterocycles. The van der Waals surface area contributed by atoms with Crippen LogP contribution >= 0.6 is 0 Å². The molecule has 1 saturated heterocycles. The summed E-state index contributed by atoms with van der Waals surface area (Å²) in [5.41, 5.74) is 1.83. The van der Waals surface area contributed by atoms with Gasteiger partial charge in [0.15, 0.2) is 0 Å². The van der Waals surface area contributed by atoms with Crippen LogP contribution in [0.15, 0.2) is 23.1 Å². The molecule has 0 spiro atoms. The lowest BCUT2D eigenvalue weighted by atomic mass is 10.2. The van der Waals surface area contributed by atoms with Crippen molar-refractivity contribution in [2.45, 2.75) is 44.4 Å². The third kappa shape index (κ3) is 2.75. The van der Waals surface area contributed by atoms with Gasteiger partial charge in [-0.05, 0) is 43.9 Å². The lowest BCUT2D eigenvalue weighted by Gasteiger charge is -2.21. The molecule has 1 aliphatic heterocycles. The highest BCUT2D eigenvalue weighted by Crippen LogP contribution is 2.23. The monoisotopic (exact) mass is 267 g/mol. The molecule has 1 aliphatic rings. The summed E-state index contributed by atoms with van der Waals surface area (Å²) in [4.78, 5) is 0.476. The molecule has 0 aromatic heterocycles. The fraction of sp³-hybridized carbons (Fsp3) is 0.571. The molecule has 1 fully saturated rings. The molecule has 0 amide bonds. The largest absolute Gasteiger partial charge is 0.243 e. The highest BCUT2D eigenvalue weighted by Gasteiger charge is 2.26. The van der Waals surface area contributed by atoms with Crippen molar-refractivity contribution in [1.82, 2.24) is 4.31 Å². The average molecular weight is 267 g/mol. The van der Waals surface area contributed by atoms with Crippen LogP contribution in [0.25, 0.3) is 0 Å². The molecule has 0 saturated carbocycles. The summed E-state index contributed by atoms with van der Waals surface area (Å²) in [5.74, 6) is 0. The van der Waals surface area contributed by atoms with Crippen molar-refractivity contribution in [3.05, 3.63) is 29.3 Å². The summed E-state index contributed by atoms with van der Waals surface area (Å²) in [5, 5.41) is 0. The summed E-state index contributed by atoms with van der Waals surface area (Å²) in [6.45, 7) is 5.12. The fourth-order valence-corrected chi connectivity index (χ4v) is 4.23. The Morgan fingerprint density at radius 2 is 1.61 bits per heavy atom. The van der Waals surface area contributed by atoms with Crippen LogP contribution in [0.2, 0.25) is 0 Å². The molecule has 4 heteroatoms. The van der Waals surface area contributed by atoms with Gasteiger partial charge in [-0.1, -0.05) is 25.0 Å². The van der Waals surface area contributed by atoms with Crippen molar-refractivity contribution < 1.29 is 8.42 Å². The van der Waals surface area contributed by atoms with Gasteiger partial charge in [0.2, 0.25) is 10.0 Å². The SMILES string of the molecule is Cc1ccc(C)c(S(=O)(=O)N2CCCCCC2)c1. The molecule has 0 unspecified atom stereocenters. The summed E-state index contributed by atoms with van der Waals surface area (Å²) in [7, 11) is -3.31. The molecular formula is C14H21NO2S. The van der Waals surface area contributed by atoms with Gasteiger partial charge in [0.1, 0.15) is 0 Å². The van der Waals surface area contributed by atoms with Crippen molar-refractivity contribution in [2.24, 2.45) is 0 Å². The maximum absolute atomic E-state index is 12.6. The second kappa shape index (κ2) is 5.41. The van der Waals surface area contributed by atoms with Gasteiger partial charge in [0.25, 0.3) is 0 Å². The van der Waals surface area contributed by atoms with Gasteiger partial charge < -0.3 is 0 Å². The van der Waals surface area contributed by atoms with Gasteiger partial charge in [-0.15, -0.1) is 0 Å². The van der Waals surface area contributed by atoms with Crippen LogP contribution < -0.4 is 0 Å². The van der Waals surface area contributed by atoms with Crippen LogP contribution in [0, 0.1) is 13.8 Å². The van der Waals surface area contributed by atoms with Gasteiger partial charge in [0, 0.05) is 13.1 Å². The van der Waals surface area contributed by atoms with Gasteiger partial charge >= 0.3 is 0 Å². The van der Waals surface area contributed by atoms with Gasteiger partial charge in [-0.25, -0.2) is 8.42 Å². The zero-order valence-electron chi connectivity index (χ0n) is 11.1. The maximum atomic E-state index is 12.6. The van der Waals surface area contributed by atoms with E-state index in [2.05, 4.69) is 0 Å². The number of nitrogens with zero attached hydrogens (tertiary/aromatic N) is 1. The Balaban J connectivity index is 2.37. The Hall–Kier alpha value is -0.870. The average Bonchev–Trinajstić information content (AvgIpc) is 2.61. The molecule has 2 rings (SSSR count). The van der Waals surface area contributed by atoms with E-state index in [9.17, 15) is 8.42 Å². The number of hydrogen-bond acceptors (Lipinski definition) is 2. The summed E-state index contributed by atoms with van der Waals surface area (Å²) in [6, 6.07) is 5.63. The van der Waals surface area contributed by atoms with Gasteiger partial charge in [0.05, 0.1) is 4.90 Å². The zero-order chi connectivity index (χ0) is 13.2. The summed E-state index contributed by atoms with van der Waals surface area (Å²) >= 11 is 0. The van der Waals surface area contributed by atoms with Crippen molar-refractivity contribution in [1.29, 1.82) is 0 Å². The molecule has 0 aliphatic carbocycles. The molecule has 0 atom stereocenters. The second-order valence-corrected chi connectivity index (χ2v) is 6.99. The van der Waals surface area contributed by atoms with Crippen molar-refractivity contribution in [3.8, 4) is 0 Å². The van der Waals surface area contributed by atoms with Crippen molar-refractivity contribution in [3.63, 3.8) is 0 Å². The van der Waals surface area contributed by atoms with Crippen LogP contribution in [0.5, 0.6) is 0 Å². The quantitative estimate of drug-likeness (QED) is 0.826. The first-order valence-corrected chi connectivity index (χ1v) is 8.03. The fourth-order valence-electron chi connectivity index (χ4n) is 2.41. The minimum Gasteiger partial charge on any atom is -0.207 e. The standard InChI is InChI=1S/C14H21NO2S/c1-12-7-8-13(2)14(11-12)18(16,17)15-9-5-3-4-6-10-15/h7-8,11H,3-6,9-10H2,1-2H3. The lowest BCUT2D eigenvalue weighted by Crippen LogP contribution is -2.32. The molecule has 100 valence electrons. The first kappa shape index (κ1) is 13.6. The van der Waals surface area contributed by atoms with Crippen LogP contribution in [0.4, 0.5) is 0 Å². The Labute approximate surface area is 110 Å². The molecule has 0 radical (unpaired) electrons. The van der Waals surface area contributed by atoms with E-state index in [0.29, 0.717) is 18.0 Å². The van der Waals surface area contributed by atoms with E-state index >= 15 is 0 Å². The van der Waals surface area contributed by atoms with Crippen molar-refractivity contribution >= 4 is 10.0 Å². The van der Waals surface area contributed by atoms with E-state index in [1.54, 1.807) is 10.4 Å². The third-order valence-corrected chi connectivity index (χ3v) is 5.57. The van der Waals surface area contributed by atoms with Crippen LogP contribution in [0.3, 0.4) is 0 Å². The second-order valence-electron chi connectivity index (χ2n) is 5.09. The predicted octanol–water partition coefficient (Wildman–Crippen LogP) is 2.87. The smallest absolute Gasteiger partial charge is 0.207 e. The first-order valence-electron chi connectivity index (χ1n) is 6.59. The van der Waals surface area contributed by atoms with Gasteiger partial charge in [-0.3, -0.25) is 0 Å². The topological polar surface area (TPSA) is 37.4 Å². The number of benzene rings is 1. The van der Waals surface area contributed by atoms with Crippen LogP contribution in [0.1, 0.15) is 36.8 Å². The molecule has 1 aromatic carbocycles. The number of sulfonamides is 1. The Kier molecular flexibility index (Phi) is 4.07. The van der Waals surface area contributed by atoms with Crippen molar-refractivity contribution in [2.75, 3.05) is 13.1 Å². The van der Waals surface area contributed by atoms with E-state index in [1.807, 2.05) is 26.0 Å². The van der Waals surface area contributed by atoms with E-state index in [1.165, 1.54) is 0 Å². The molecular weight excluding hydrogens is 246 g/mol. The number of rotatable bonds is 2. The summed E-state index contributed by atoms with van der Waals surface area (Å²) < 4.78 is 26.9. The Bertz CT molecular complexity index is 515. The van der Waals surface area contributed by atoms with Crippen LogP contribution in [-0.4, -0.2) is 25.8 Å². The molecule has 0 N–H and O–H groups in total. The highest BCUT2D eigenvalue weighted by atomic mass is 32.2. The number of aryl methyl sites for hydroxylation is 2. The first-order chi connectivity index (χ1) is 8.51. The minimum absolute atomic E-state index is 0.476. The van der Waals surface area contributed by atoms with E-state index < -0.39 is 10.0 Å². The molecule has 3 nitrogen and oxygen atoms in total. The minimum atomic E-state index is -3.31. The summed E-state index contributed by atoms with van der Waals surface area (Å²) in [6.07, 6.45) is 4.23. The Morgan fingerprint density at radius 3 is 2.22 bits per heavy atom. The molecule has 18 heavy (non-hydrogen) atoms. The predicted molar refractivity (Wildman–Crippen MR) is 73.1 cm³/mol. The number of hydrogen-bond donors (Lipinski definition) is 0. The maximum Gasteiger partial charge on any atom is 0.243 e. The zero-order valence-corrected chi connectivity index (χ0v) is 12.0.